The van der Waals surface area contributed by atoms with E-state index in [4.69, 9.17) is 0 Å². The van der Waals surface area contributed by atoms with Crippen molar-refractivity contribution in [2.75, 3.05) is 0 Å². The molecular formula is C32H40N+. The molecule has 2 aromatic carbocycles. The van der Waals surface area contributed by atoms with Gasteiger partial charge in [-0.1, -0.05) is 72.7 Å². The molecule has 0 spiro atoms. The summed E-state index contributed by atoms with van der Waals surface area (Å²) in [6, 6.07) is 11.5. The van der Waals surface area contributed by atoms with Crippen LogP contribution in [-0.2, 0) is 30.7 Å². The van der Waals surface area contributed by atoms with Gasteiger partial charge in [0.25, 0.3) is 0 Å². The molecule has 2 aliphatic carbocycles. The zero-order valence-electron chi connectivity index (χ0n) is 22.3. The van der Waals surface area contributed by atoms with E-state index in [0.717, 1.165) is 12.8 Å². The van der Waals surface area contributed by atoms with E-state index in [-0.39, 0.29) is 16.2 Å². The van der Waals surface area contributed by atoms with Gasteiger partial charge in [0.05, 0.1) is 5.56 Å². The van der Waals surface area contributed by atoms with Crippen molar-refractivity contribution in [1.29, 1.82) is 0 Å². The second kappa shape index (κ2) is 6.81. The highest BCUT2D eigenvalue weighted by molar-refractivity contribution is 5.87. The van der Waals surface area contributed by atoms with E-state index < -0.39 is 0 Å². The average Bonchev–Trinajstić information content (AvgIpc) is 3.07. The Balaban J connectivity index is 1.87. The molecule has 0 N–H and O–H groups in total. The third kappa shape index (κ3) is 3.00. The van der Waals surface area contributed by atoms with Crippen molar-refractivity contribution in [1.82, 2.24) is 0 Å². The molecule has 0 amide bonds. The summed E-state index contributed by atoms with van der Waals surface area (Å²) >= 11 is 0. The summed E-state index contributed by atoms with van der Waals surface area (Å²) in [5.74, 6) is 0. The fraction of sp³-hybridized carbons (Fsp3) is 0.469. The molecule has 0 radical (unpaired) electrons. The Morgan fingerprint density at radius 2 is 1.58 bits per heavy atom. The first-order valence-corrected chi connectivity index (χ1v) is 12.5. The normalized spacial score (nSPS) is 17.3. The monoisotopic (exact) mass is 438 g/mol. The third-order valence-electron chi connectivity index (χ3n) is 9.00. The van der Waals surface area contributed by atoms with Crippen molar-refractivity contribution >= 4 is 0 Å². The maximum Gasteiger partial charge on any atom is 0.216 e. The van der Waals surface area contributed by atoms with Gasteiger partial charge in [0.1, 0.15) is 7.05 Å². The minimum absolute atomic E-state index is 0.0177. The number of pyridine rings is 1. The maximum absolute atomic E-state index is 2.55. The summed E-state index contributed by atoms with van der Waals surface area (Å²) in [5, 5.41) is 0. The molecule has 1 heteroatoms. The van der Waals surface area contributed by atoms with E-state index >= 15 is 0 Å². The molecule has 2 aliphatic rings. The number of benzene rings is 2. The zero-order valence-corrected chi connectivity index (χ0v) is 22.3. The molecule has 3 aromatic rings. The van der Waals surface area contributed by atoms with Crippen LogP contribution in [0.4, 0.5) is 0 Å². The molecule has 0 saturated heterocycles. The van der Waals surface area contributed by atoms with Gasteiger partial charge in [-0.15, -0.1) is 0 Å². The van der Waals surface area contributed by atoms with Gasteiger partial charge in [-0.25, -0.2) is 4.57 Å². The molecule has 0 bridgehead atoms. The molecule has 1 heterocycles. The number of rotatable bonds is 1. The Labute approximate surface area is 200 Å². The molecule has 0 saturated carbocycles. The van der Waals surface area contributed by atoms with Gasteiger partial charge in [0.2, 0.25) is 5.69 Å². The average molecular weight is 439 g/mol. The maximum atomic E-state index is 2.55. The minimum atomic E-state index is 0.0177. The van der Waals surface area contributed by atoms with Crippen LogP contribution >= 0.6 is 0 Å². The smallest absolute Gasteiger partial charge is 0.200 e. The largest absolute Gasteiger partial charge is 0.216 e. The van der Waals surface area contributed by atoms with Crippen LogP contribution in [0.15, 0.2) is 36.5 Å². The highest BCUT2D eigenvalue weighted by Crippen LogP contribution is 2.57. The first-order valence-electron chi connectivity index (χ1n) is 12.5. The molecule has 1 aromatic heterocycles. The van der Waals surface area contributed by atoms with Crippen molar-refractivity contribution in [2.24, 2.45) is 12.5 Å². The molecular weight excluding hydrogens is 398 g/mol. The quantitative estimate of drug-likeness (QED) is 0.271. The lowest BCUT2D eigenvalue weighted by Crippen LogP contribution is -2.49. The zero-order chi connectivity index (χ0) is 24.1. The summed E-state index contributed by atoms with van der Waals surface area (Å²) in [7, 11) is 2.27. The van der Waals surface area contributed by atoms with Crippen LogP contribution in [0.5, 0.6) is 0 Å². The molecule has 172 valence electrons. The Kier molecular flexibility index (Phi) is 4.62. The van der Waals surface area contributed by atoms with Gasteiger partial charge in [0, 0.05) is 16.5 Å². The number of aryl methyl sites for hydroxylation is 1. The highest BCUT2D eigenvalue weighted by Gasteiger charge is 2.51. The molecule has 33 heavy (non-hydrogen) atoms. The Morgan fingerprint density at radius 1 is 0.909 bits per heavy atom. The van der Waals surface area contributed by atoms with E-state index in [1.807, 2.05) is 0 Å². The Morgan fingerprint density at radius 3 is 2.24 bits per heavy atom. The second-order valence-corrected chi connectivity index (χ2v) is 12.9. The van der Waals surface area contributed by atoms with E-state index in [9.17, 15) is 0 Å². The SMILES string of the molecule is Cc1c2c(cc3c1-c1c(c(C)c(CC(C)(C)C)c[n+]1C)C(C)(C)C3(C)C)-c1ccccc1C2. The van der Waals surface area contributed by atoms with Crippen LogP contribution in [0, 0.1) is 19.3 Å². The fourth-order valence-corrected chi connectivity index (χ4v) is 6.63. The molecule has 0 aliphatic heterocycles. The van der Waals surface area contributed by atoms with Crippen LogP contribution < -0.4 is 4.57 Å². The summed E-state index contributed by atoms with van der Waals surface area (Å²) in [5.41, 5.74) is 16.6. The van der Waals surface area contributed by atoms with Gasteiger partial charge < -0.3 is 0 Å². The van der Waals surface area contributed by atoms with Crippen LogP contribution in [0.1, 0.15) is 87.4 Å². The van der Waals surface area contributed by atoms with Gasteiger partial charge in [0.15, 0.2) is 6.20 Å². The number of aromatic nitrogens is 1. The van der Waals surface area contributed by atoms with Crippen LogP contribution in [-0.4, -0.2) is 0 Å². The number of nitrogens with zero attached hydrogens (tertiary/aromatic N) is 1. The summed E-state index contributed by atoms with van der Waals surface area (Å²) in [6.07, 6.45) is 4.56. The number of hydrogen-bond acceptors (Lipinski definition) is 0. The predicted octanol–water partition coefficient (Wildman–Crippen LogP) is 7.52. The first kappa shape index (κ1) is 22.4. The fourth-order valence-electron chi connectivity index (χ4n) is 6.63. The highest BCUT2D eigenvalue weighted by atomic mass is 14.9. The second-order valence-electron chi connectivity index (χ2n) is 12.9. The lowest BCUT2D eigenvalue weighted by molar-refractivity contribution is -0.661. The van der Waals surface area contributed by atoms with Gasteiger partial charge in [-0.2, -0.15) is 0 Å². The standard InChI is InChI=1S/C32H40N/c1-19-22(17-30(3,4)5)18-33(10)29-27-20(2)24-15-21-13-11-12-14-23(21)25(24)16-26(27)31(6,7)32(8,9)28(19)29/h11-14,16,18H,15,17H2,1-10H3/q+1. The molecule has 0 atom stereocenters. The molecule has 0 unspecified atom stereocenters. The van der Waals surface area contributed by atoms with E-state index in [1.165, 1.54) is 55.8 Å². The number of hydrogen-bond donors (Lipinski definition) is 0. The van der Waals surface area contributed by atoms with Crippen molar-refractivity contribution in [2.45, 2.75) is 86.0 Å². The lowest BCUT2D eigenvalue weighted by atomic mass is 9.54. The molecule has 1 nitrogen and oxygen atoms in total. The Hall–Kier alpha value is -2.41. The van der Waals surface area contributed by atoms with Crippen LogP contribution in [0.3, 0.4) is 0 Å². The van der Waals surface area contributed by atoms with E-state index in [0.29, 0.717) is 0 Å². The minimum Gasteiger partial charge on any atom is -0.200 e. The van der Waals surface area contributed by atoms with Crippen molar-refractivity contribution in [3.63, 3.8) is 0 Å². The van der Waals surface area contributed by atoms with Crippen molar-refractivity contribution in [3.8, 4) is 22.4 Å². The summed E-state index contributed by atoms with van der Waals surface area (Å²) < 4.78 is 2.45. The lowest BCUT2D eigenvalue weighted by Gasteiger charge is -2.48. The van der Waals surface area contributed by atoms with Gasteiger partial charge in [-0.05, 0) is 82.5 Å². The number of fused-ring (bicyclic) bond motifs is 6. The first-order chi connectivity index (χ1) is 15.3. The van der Waals surface area contributed by atoms with Gasteiger partial charge in [-0.3, -0.25) is 0 Å². The Bertz CT molecular complexity index is 1310. The summed E-state index contributed by atoms with van der Waals surface area (Å²) in [6.45, 7) is 21.7. The van der Waals surface area contributed by atoms with Gasteiger partial charge >= 0.3 is 0 Å². The van der Waals surface area contributed by atoms with Crippen LogP contribution in [0.2, 0.25) is 0 Å². The summed E-state index contributed by atoms with van der Waals surface area (Å²) in [4.78, 5) is 0. The third-order valence-corrected chi connectivity index (χ3v) is 9.00. The molecule has 0 fully saturated rings. The van der Waals surface area contributed by atoms with E-state index in [1.54, 1.807) is 5.56 Å². The van der Waals surface area contributed by atoms with E-state index in [2.05, 4.69) is 110 Å². The molecule has 5 rings (SSSR count). The topological polar surface area (TPSA) is 3.88 Å². The van der Waals surface area contributed by atoms with Crippen LogP contribution in [0.25, 0.3) is 22.4 Å². The van der Waals surface area contributed by atoms with Crippen molar-refractivity contribution in [3.05, 3.63) is 75.5 Å². The van der Waals surface area contributed by atoms with Crippen molar-refractivity contribution < 1.29 is 4.57 Å². The predicted molar refractivity (Wildman–Crippen MR) is 140 cm³/mol.